The number of benzene rings is 6. The van der Waals surface area contributed by atoms with Crippen molar-refractivity contribution in [2.24, 2.45) is 0 Å². The number of hydrogen-bond donors (Lipinski definition) is 0. The lowest BCUT2D eigenvalue weighted by atomic mass is 9.82. The molecule has 0 amide bonds. The molecule has 3 aromatic heterocycles. The van der Waals surface area contributed by atoms with Crippen LogP contribution in [-0.2, 0) is 11.8 Å². The first kappa shape index (κ1) is 30.3. The molecule has 0 saturated carbocycles. The van der Waals surface area contributed by atoms with Gasteiger partial charge in [-0.15, -0.1) is 11.3 Å². The summed E-state index contributed by atoms with van der Waals surface area (Å²) >= 11 is 1.87. The average Bonchev–Trinajstić information content (AvgIpc) is 3.88. The van der Waals surface area contributed by atoms with E-state index >= 15 is 0 Å². The largest absolute Gasteiger partial charge is 0.246 e. The van der Waals surface area contributed by atoms with Crippen molar-refractivity contribution >= 4 is 49.2 Å². The van der Waals surface area contributed by atoms with Crippen LogP contribution < -0.4 is 0 Å². The summed E-state index contributed by atoms with van der Waals surface area (Å²) in [6.07, 6.45) is 5.46. The van der Waals surface area contributed by atoms with Gasteiger partial charge in [-0.1, -0.05) is 153 Å². The molecule has 0 atom stereocenters. The van der Waals surface area contributed by atoms with E-state index in [0.717, 1.165) is 50.7 Å². The average molecular weight is 697 g/mol. The number of rotatable bonds is 4. The lowest BCUT2D eigenvalue weighted by Gasteiger charge is -2.21. The van der Waals surface area contributed by atoms with Crippen LogP contribution in [-0.4, -0.2) is 19.9 Å². The highest BCUT2D eigenvalue weighted by molar-refractivity contribution is 7.20. The van der Waals surface area contributed by atoms with Gasteiger partial charge in [0.25, 0.3) is 0 Å². The highest BCUT2D eigenvalue weighted by atomic mass is 32.1. The molecule has 11 rings (SSSR count). The normalized spacial score (nSPS) is 13.8. The summed E-state index contributed by atoms with van der Waals surface area (Å²) in [5.74, 6) is 1.96. The minimum absolute atomic E-state index is 0.132. The molecule has 5 heteroatoms. The topological polar surface area (TPSA) is 51.6 Å². The van der Waals surface area contributed by atoms with Gasteiger partial charge in [0.15, 0.2) is 17.5 Å². The van der Waals surface area contributed by atoms with E-state index in [4.69, 9.17) is 19.9 Å². The maximum atomic E-state index is 5.32. The fourth-order valence-electron chi connectivity index (χ4n) is 8.46. The zero-order chi connectivity index (χ0) is 35.3. The third-order valence-electron chi connectivity index (χ3n) is 11.2. The molecule has 0 fully saturated rings. The monoisotopic (exact) mass is 696 g/mol. The molecule has 250 valence electrons. The molecule has 9 aromatic rings. The van der Waals surface area contributed by atoms with Gasteiger partial charge in [0.1, 0.15) is 0 Å². The minimum atomic E-state index is -0.132. The van der Waals surface area contributed by atoms with E-state index < -0.39 is 0 Å². The number of pyridine rings is 1. The first-order valence-corrected chi connectivity index (χ1v) is 18.9. The van der Waals surface area contributed by atoms with Crippen molar-refractivity contribution in [3.63, 3.8) is 0 Å². The predicted molar refractivity (Wildman–Crippen MR) is 220 cm³/mol. The van der Waals surface area contributed by atoms with Gasteiger partial charge in [0.05, 0.1) is 15.9 Å². The van der Waals surface area contributed by atoms with Crippen LogP contribution >= 0.6 is 11.3 Å². The van der Waals surface area contributed by atoms with Crippen molar-refractivity contribution in [2.75, 3.05) is 0 Å². The van der Waals surface area contributed by atoms with Crippen LogP contribution in [0.3, 0.4) is 0 Å². The predicted octanol–water partition coefficient (Wildman–Crippen LogP) is 12.3. The minimum Gasteiger partial charge on any atom is -0.246 e. The van der Waals surface area contributed by atoms with Crippen molar-refractivity contribution in [1.82, 2.24) is 19.9 Å². The summed E-state index contributed by atoms with van der Waals surface area (Å²) in [7, 11) is 0. The maximum absolute atomic E-state index is 5.32. The molecule has 0 spiro atoms. The van der Waals surface area contributed by atoms with E-state index in [1.807, 2.05) is 11.3 Å². The molecule has 2 aliphatic carbocycles. The van der Waals surface area contributed by atoms with E-state index in [2.05, 4.69) is 159 Å². The van der Waals surface area contributed by atoms with Crippen molar-refractivity contribution in [1.29, 1.82) is 0 Å². The molecule has 4 nitrogen and oxygen atoms in total. The third kappa shape index (κ3) is 4.60. The summed E-state index contributed by atoms with van der Waals surface area (Å²) in [6.45, 7) is 4.61. The fourth-order valence-corrected chi connectivity index (χ4v) is 9.70. The smallest absolute Gasteiger partial charge is 0.164 e. The molecule has 0 N–H and O–H groups in total. The molecule has 0 unspecified atom stereocenters. The van der Waals surface area contributed by atoms with Gasteiger partial charge in [-0.2, -0.15) is 0 Å². The summed E-state index contributed by atoms with van der Waals surface area (Å²) in [6, 6.07) is 47.4. The molecule has 53 heavy (non-hydrogen) atoms. The molecule has 0 aliphatic heterocycles. The van der Waals surface area contributed by atoms with Crippen LogP contribution in [0.1, 0.15) is 35.4 Å². The first-order valence-electron chi connectivity index (χ1n) is 18.1. The molecule has 2 aliphatic rings. The zero-order valence-corrected chi connectivity index (χ0v) is 30.1. The highest BCUT2D eigenvalue weighted by Gasteiger charge is 2.35. The van der Waals surface area contributed by atoms with Crippen LogP contribution in [0.4, 0.5) is 0 Å². The number of hydrogen-bond acceptors (Lipinski definition) is 5. The Labute approximate surface area is 311 Å². The van der Waals surface area contributed by atoms with Gasteiger partial charge in [0, 0.05) is 55.3 Å². The van der Waals surface area contributed by atoms with Crippen molar-refractivity contribution in [3.8, 4) is 56.5 Å². The molecular formula is C48H32N4S. The number of allylic oxidation sites excluding steroid dienone is 1. The molecule has 0 bridgehead atoms. The standard InChI is InChI=1S/C48H32N4S/c1-48(2)39-19-8-7-14-33(39)34-26-25-31(27-40(34)48)46-50-45(51-47(52-46)37-17-9-12-28-11-3-4-13-32(28)37)30-23-21-29(22-24-30)42-35-15-5-6-16-36(35)44-43(49-42)38-18-10-20-41(38)53-44/h3-19,21-27H,20H2,1-2H3. The zero-order valence-electron chi connectivity index (χ0n) is 29.3. The SMILES string of the molecule is CC1(C)c2ccccc2-c2ccc(-c3nc(-c4ccc(-c5nc6c7c(sc6c6ccccc56)CC=C7)cc4)nc(-c4cccc5ccccc45)n3)cc21. The molecular weight excluding hydrogens is 665 g/mol. The van der Waals surface area contributed by atoms with Gasteiger partial charge >= 0.3 is 0 Å². The molecule has 0 radical (unpaired) electrons. The summed E-state index contributed by atoms with van der Waals surface area (Å²) in [4.78, 5) is 22.2. The molecule has 6 aromatic carbocycles. The molecule has 0 saturated heterocycles. The third-order valence-corrected chi connectivity index (χ3v) is 12.4. The first-order chi connectivity index (χ1) is 26.0. The van der Waals surface area contributed by atoms with Crippen molar-refractivity contribution in [3.05, 3.63) is 161 Å². The lowest BCUT2D eigenvalue weighted by molar-refractivity contribution is 0.660. The van der Waals surface area contributed by atoms with Crippen LogP contribution in [0.15, 0.2) is 140 Å². The van der Waals surface area contributed by atoms with Gasteiger partial charge in [0.2, 0.25) is 0 Å². The van der Waals surface area contributed by atoms with E-state index in [1.165, 1.54) is 48.2 Å². The maximum Gasteiger partial charge on any atom is 0.164 e. The molecule has 3 heterocycles. The number of thiophene rings is 1. The Morgan fingerprint density at radius 2 is 1.17 bits per heavy atom. The van der Waals surface area contributed by atoms with Crippen molar-refractivity contribution < 1.29 is 0 Å². The Kier molecular flexibility index (Phi) is 6.50. The van der Waals surface area contributed by atoms with Crippen LogP contribution in [0.5, 0.6) is 0 Å². The Hall–Kier alpha value is -6.30. The number of fused-ring (bicyclic) bond motifs is 9. The second-order valence-corrected chi connectivity index (χ2v) is 15.7. The van der Waals surface area contributed by atoms with Crippen LogP contribution in [0.25, 0.3) is 94.4 Å². The van der Waals surface area contributed by atoms with E-state index in [-0.39, 0.29) is 5.41 Å². The van der Waals surface area contributed by atoms with Crippen LogP contribution in [0, 0.1) is 0 Å². The van der Waals surface area contributed by atoms with Gasteiger partial charge < -0.3 is 0 Å². The Morgan fingerprint density at radius 1 is 0.528 bits per heavy atom. The van der Waals surface area contributed by atoms with Crippen molar-refractivity contribution in [2.45, 2.75) is 25.7 Å². The highest BCUT2D eigenvalue weighted by Crippen LogP contribution is 2.49. The van der Waals surface area contributed by atoms with Gasteiger partial charge in [-0.3, -0.25) is 0 Å². The summed E-state index contributed by atoms with van der Waals surface area (Å²) in [5, 5.41) is 4.69. The fraction of sp³-hybridized carbons (Fsp3) is 0.0833. The van der Waals surface area contributed by atoms with E-state index in [0.29, 0.717) is 17.5 Å². The second-order valence-electron chi connectivity index (χ2n) is 14.6. The second kappa shape index (κ2) is 11.3. The number of nitrogens with zero attached hydrogens (tertiary/aromatic N) is 4. The Morgan fingerprint density at radius 3 is 2.04 bits per heavy atom. The van der Waals surface area contributed by atoms with Crippen LogP contribution in [0.2, 0.25) is 0 Å². The van der Waals surface area contributed by atoms with E-state index in [1.54, 1.807) is 0 Å². The van der Waals surface area contributed by atoms with Gasteiger partial charge in [-0.25, -0.2) is 19.9 Å². The Balaban J connectivity index is 1.07. The summed E-state index contributed by atoms with van der Waals surface area (Å²) in [5.41, 5.74) is 12.4. The lowest BCUT2D eigenvalue weighted by Crippen LogP contribution is -2.15. The number of aromatic nitrogens is 4. The van der Waals surface area contributed by atoms with Gasteiger partial charge in [-0.05, 0) is 39.1 Å². The Bertz CT molecular complexity index is 3000. The summed E-state index contributed by atoms with van der Waals surface area (Å²) < 4.78 is 1.27. The van der Waals surface area contributed by atoms with E-state index in [9.17, 15) is 0 Å². The quantitative estimate of drug-likeness (QED) is 0.184.